The van der Waals surface area contributed by atoms with Gasteiger partial charge < -0.3 is 0 Å². The van der Waals surface area contributed by atoms with E-state index in [0.29, 0.717) is 12.6 Å². The molecule has 23 heavy (non-hydrogen) atoms. The standard InChI is InChI=1S/C19H30N4/c1-7-11-21-15-13-20(19(6)10-4)14-16-22(12-8-2)23(21)17-18(5)9-3/h3,7-8,10,19H,1-2,4-5,11-17H2,6H3. The van der Waals surface area contributed by atoms with E-state index in [9.17, 15) is 0 Å². The highest BCUT2D eigenvalue weighted by Crippen LogP contribution is 2.13. The van der Waals surface area contributed by atoms with Crippen LogP contribution in [0.4, 0.5) is 0 Å². The number of hydrogen-bond donors (Lipinski definition) is 0. The molecule has 0 aromatic carbocycles. The zero-order valence-electron chi connectivity index (χ0n) is 14.5. The predicted molar refractivity (Wildman–Crippen MR) is 99.5 cm³/mol. The third kappa shape index (κ3) is 5.81. The molecular formula is C19H30N4. The summed E-state index contributed by atoms with van der Waals surface area (Å²) in [5.41, 5.74) is 0.769. The van der Waals surface area contributed by atoms with Crippen molar-refractivity contribution >= 4 is 0 Å². The van der Waals surface area contributed by atoms with Crippen molar-refractivity contribution in [3.63, 3.8) is 0 Å². The monoisotopic (exact) mass is 314 g/mol. The van der Waals surface area contributed by atoms with Crippen LogP contribution in [0.25, 0.3) is 0 Å². The summed E-state index contributed by atoms with van der Waals surface area (Å²) >= 11 is 0. The molecule has 0 bridgehead atoms. The van der Waals surface area contributed by atoms with Crippen LogP contribution < -0.4 is 0 Å². The second-order valence-electron chi connectivity index (χ2n) is 5.69. The van der Waals surface area contributed by atoms with Crippen molar-refractivity contribution in [2.45, 2.75) is 13.0 Å². The second kappa shape index (κ2) is 10.2. The number of nitrogens with zero attached hydrogens (tertiary/aromatic N) is 4. The molecule has 1 unspecified atom stereocenters. The molecular weight excluding hydrogens is 284 g/mol. The van der Waals surface area contributed by atoms with Gasteiger partial charge in [0, 0.05) is 50.9 Å². The molecule has 1 saturated heterocycles. The fraction of sp³-hybridized carbons (Fsp3) is 0.474. The largest absolute Gasteiger partial charge is 0.295 e. The molecule has 1 atom stereocenters. The van der Waals surface area contributed by atoms with Gasteiger partial charge in [-0.15, -0.1) is 26.2 Å². The molecule has 0 aromatic heterocycles. The van der Waals surface area contributed by atoms with Gasteiger partial charge in [-0.3, -0.25) is 4.90 Å². The van der Waals surface area contributed by atoms with Gasteiger partial charge in [-0.1, -0.05) is 30.7 Å². The highest BCUT2D eigenvalue weighted by atomic mass is 15.9. The Hall–Kier alpha value is -1.64. The normalized spacial score (nSPS) is 20.0. The SMILES string of the molecule is C#CC(=C)CN1N(CC=C)CCN(C(C)C=C)CCN1CC=C. The van der Waals surface area contributed by atoms with Crippen LogP contribution in [0.15, 0.2) is 50.1 Å². The first-order valence-electron chi connectivity index (χ1n) is 8.07. The Morgan fingerprint density at radius 2 is 1.61 bits per heavy atom. The Labute approximate surface area is 142 Å². The lowest BCUT2D eigenvalue weighted by molar-refractivity contribution is -0.182. The van der Waals surface area contributed by atoms with Crippen molar-refractivity contribution in [1.29, 1.82) is 0 Å². The second-order valence-corrected chi connectivity index (χ2v) is 5.69. The molecule has 1 rings (SSSR count). The van der Waals surface area contributed by atoms with E-state index in [1.54, 1.807) is 0 Å². The first kappa shape index (κ1) is 19.4. The summed E-state index contributed by atoms with van der Waals surface area (Å²) in [6.45, 7) is 23.7. The van der Waals surface area contributed by atoms with Crippen molar-refractivity contribution in [3.8, 4) is 12.3 Å². The first-order valence-corrected chi connectivity index (χ1v) is 8.07. The van der Waals surface area contributed by atoms with Crippen LogP contribution in [-0.2, 0) is 0 Å². The average molecular weight is 314 g/mol. The molecule has 1 aliphatic heterocycles. The highest BCUT2D eigenvalue weighted by molar-refractivity contribution is 5.22. The van der Waals surface area contributed by atoms with Crippen LogP contribution in [0, 0.1) is 12.3 Å². The number of hydrazine groups is 2. The van der Waals surface area contributed by atoms with Crippen LogP contribution in [-0.4, -0.2) is 71.9 Å². The van der Waals surface area contributed by atoms with Gasteiger partial charge in [0.05, 0.1) is 6.54 Å². The first-order chi connectivity index (χ1) is 11.1. The Morgan fingerprint density at radius 1 is 1.09 bits per heavy atom. The maximum atomic E-state index is 5.50. The number of hydrogen-bond acceptors (Lipinski definition) is 4. The summed E-state index contributed by atoms with van der Waals surface area (Å²) in [4.78, 5) is 2.44. The van der Waals surface area contributed by atoms with Gasteiger partial charge in [-0.25, -0.2) is 10.0 Å². The smallest absolute Gasteiger partial charge is 0.0617 e. The molecule has 0 saturated carbocycles. The lowest BCUT2D eigenvalue weighted by atomic mass is 10.2. The van der Waals surface area contributed by atoms with Gasteiger partial charge in [-0.2, -0.15) is 5.12 Å². The highest BCUT2D eigenvalue weighted by Gasteiger charge is 2.26. The van der Waals surface area contributed by atoms with Crippen molar-refractivity contribution in [1.82, 2.24) is 20.0 Å². The van der Waals surface area contributed by atoms with Gasteiger partial charge in [-0.05, 0) is 6.92 Å². The van der Waals surface area contributed by atoms with Crippen LogP contribution in [0.5, 0.6) is 0 Å². The molecule has 0 amide bonds. The van der Waals surface area contributed by atoms with Gasteiger partial charge >= 0.3 is 0 Å². The van der Waals surface area contributed by atoms with E-state index in [4.69, 9.17) is 6.42 Å². The minimum Gasteiger partial charge on any atom is -0.295 e. The minimum absolute atomic E-state index is 0.360. The van der Waals surface area contributed by atoms with Crippen LogP contribution in [0.1, 0.15) is 6.92 Å². The number of terminal acetylenes is 1. The van der Waals surface area contributed by atoms with Crippen molar-refractivity contribution in [2.75, 3.05) is 45.8 Å². The van der Waals surface area contributed by atoms with Crippen LogP contribution in [0.2, 0.25) is 0 Å². The van der Waals surface area contributed by atoms with E-state index >= 15 is 0 Å². The molecule has 4 nitrogen and oxygen atoms in total. The summed E-state index contributed by atoms with van der Waals surface area (Å²) in [6.07, 6.45) is 11.3. The minimum atomic E-state index is 0.360. The molecule has 1 fully saturated rings. The Morgan fingerprint density at radius 3 is 2.00 bits per heavy atom. The van der Waals surface area contributed by atoms with E-state index in [1.165, 1.54) is 0 Å². The van der Waals surface area contributed by atoms with Crippen molar-refractivity contribution < 1.29 is 0 Å². The fourth-order valence-electron chi connectivity index (χ4n) is 2.65. The van der Waals surface area contributed by atoms with Crippen molar-refractivity contribution in [3.05, 3.63) is 50.1 Å². The zero-order valence-corrected chi connectivity index (χ0v) is 14.5. The molecule has 0 aromatic rings. The third-order valence-corrected chi connectivity index (χ3v) is 4.08. The third-order valence-electron chi connectivity index (χ3n) is 4.08. The predicted octanol–water partition coefficient (Wildman–Crippen LogP) is 2.17. The van der Waals surface area contributed by atoms with Crippen molar-refractivity contribution in [2.24, 2.45) is 0 Å². The summed E-state index contributed by atoms with van der Waals surface area (Å²) in [5.74, 6) is 2.64. The molecule has 1 aliphatic rings. The summed E-state index contributed by atoms with van der Waals surface area (Å²) in [5, 5.41) is 6.73. The van der Waals surface area contributed by atoms with E-state index < -0.39 is 0 Å². The number of rotatable bonds is 8. The lowest BCUT2D eigenvalue weighted by Crippen LogP contribution is -2.60. The molecule has 0 aliphatic carbocycles. The molecule has 0 spiro atoms. The van der Waals surface area contributed by atoms with Gasteiger partial charge in [0.15, 0.2) is 0 Å². The van der Waals surface area contributed by atoms with Gasteiger partial charge in [0.1, 0.15) is 0 Å². The molecule has 1 heterocycles. The summed E-state index contributed by atoms with van der Waals surface area (Å²) in [6, 6.07) is 0.360. The van der Waals surface area contributed by atoms with Crippen LogP contribution >= 0.6 is 0 Å². The lowest BCUT2D eigenvalue weighted by Gasteiger charge is -2.45. The summed E-state index contributed by atoms with van der Waals surface area (Å²) in [7, 11) is 0. The van der Waals surface area contributed by atoms with E-state index in [2.05, 4.69) is 59.2 Å². The zero-order chi connectivity index (χ0) is 17.2. The fourth-order valence-corrected chi connectivity index (χ4v) is 2.65. The van der Waals surface area contributed by atoms with E-state index in [1.807, 2.05) is 18.2 Å². The molecule has 4 heteroatoms. The van der Waals surface area contributed by atoms with E-state index in [0.717, 1.165) is 44.8 Å². The summed E-state index contributed by atoms with van der Waals surface area (Å²) < 4.78 is 0. The van der Waals surface area contributed by atoms with E-state index in [-0.39, 0.29) is 0 Å². The maximum absolute atomic E-state index is 5.50. The van der Waals surface area contributed by atoms with Crippen LogP contribution in [0.3, 0.4) is 0 Å². The molecule has 0 N–H and O–H groups in total. The topological polar surface area (TPSA) is 13.0 Å². The Bertz CT molecular complexity index is 440. The molecule has 0 radical (unpaired) electrons. The Balaban J connectivity index is 2.99. The van der Waals surface area contributed by atoms with Gasteiger partial charge in [0.2, 0.25) is 0 Å². The quantitative estimate of drug-likeness (QED) is 0.503. The Kier molecular flexibility index (Phi) is 8.60. The average Bonchev–Trinajstić information content (AvgIpc) is 2.55. The molecule has 126 valence electrons. The maximum Gasteiger partial charge on any atom is 0.0617 e. The van der Waals surface area contributed by atoms with Gasteiger partial charge in [0.25, 0.3) is 0 Å².